The number of aliphatic hydroxyl groups is 2. The van der Waals surface area contributed by atoms with E-state index in [0.717, 1.165) is 38.5 Å². The maximum absolute atomic E-state index is 12.7. The van der Waals surface area contributed by atoms with Crippen LogP contribution >= 0.6 is 7.82 Å². The van der Waals surface area contributed by atoms with Crippen LogP contribution in [-0.2, 0) is 18.4 Å². The molecule has 0 rings (SSSR count). The summed E-state index contributed by atoms with van der Waals surface area (Å²) in [5, 5.41) is 23.8. The molecule has 4 atom stereocenters. The molecule has 0 bridgehead atoms. The van der Waals surface area contributed by atoms with Crippen LogP contribution in [0.1, 0.15) is 162 Å². The van der Waals surface area contributed by atoms with E-state index >= 15 is 0 Å². The summed E-state index contributed by atoms with van der Waals surface area (Å²) < 4.78 is 21.9. The topological polar surface area (TPSA) is 151 Å². The SMILES string of the molecule is CCCCCCCCC/C=C/C=C/[C@@H](O)[C@H](COP(=O)(O)OCCN)NC(=O)C(O)CCCCCCCCCCCCCCCC. The van der Waals surface area contributed by atoms with Gasteiger partial charge in [0.15, 0.2) is 0 Å². The lowest BCUT2D eigenvalue weighted by molar-refractivity contribution is -0.131. The fourth-order valence-corrected chi connectivity index (χ4v) is 6.01. The lowest BCUT2D eigenvalue weighted by atomic mass is 10.0. The van der Waals surface area contributed by atoms with E-state index in [9.17, 15) is 24.5 Å². The van der Waals surface area contributed by atoms with Gasteiger partial charge in [0, 0.05) is 6.54 Å². The zero-order valence-electron chi connectivity index (χ0n) is 29.4. The minimum Gasteiger partial charge on any atom is -0.387 e. The first-order chi connectivity index (χ1) is 22.3. The number of hydrogen-bond donors (Lipinski definition) is 5. The van der Waals surface area contributed by atoms with Crippen molar-refractivity contribution in [1.82, 2.24) is 5.32 Å². The van der Waals surface area contributed by atoms with Crippen molar-refractivity contribution in [2.45, 2.75) is 180 Å². The number of hydrogen-bond acceptors (Lipinski definition) is 7. The monoisotopic (exact) mass is 674 g/mol. The van der Waals surface area contributed by atoms with E-state index < -0.39 is 38.6 Å². The van der Waals surface area contributed by atoms with E-state index in [2.05, 4.69) is 19.2 Å². The Morgan fingerprint density at radius 2 is 1.22 bits per heavy atom. The van der Waals surface area contributed by atoms with Gasteiger partial charge < -0.3 is 26.2 Å². The molecule has 0 heterocycles. The third-order valence-corrected chi connectivity index (χ3v) is 9.18. The molecule has 0 radical (unpaired) electrons. The summed E-state index contributed by atoms with van der Waals surface area (Å²) in [7, 11) is -4.41. The van der Waals surface area contributed by atoms with Gasteiger partial charge in [0.25, 0.3) is 0 Å². The Balaban J connectivity index is 4.49. The normalized spacial score (nSPS) is 15.3. The van der Waals surface area contributed by atoms with E-state index in [1.807, 2.05) is 12.2 Å². The summed E-state index contributed by atoms with van der Waals surface area (Å²) in [5.41, 5.74) is 5.33. The van der Waals surface area contributed by atoms with Crippen LogP contribution in [0.2, 0.25) is 0 Å². The molecule has 0 aromatic heterocycles. The Morgan fingerprint density at radius 3 is 1.72 bits per heavy atom. The lowest BCUT2D eigenvalue weighted by Gasteiger charge is -2.24. The van der Waals surface area contributed by atoms with E-state index in [-0.39, 0.29) is 13.2 Å². The third-order valence-electron chi connectivity index (χ3n) is 8.19. The summed E-state index contributed by atoms with van der Waals surface area (Å²) in [6.07, 6.45) is 31.7. The quantitative estimate of drug-likeness (QED) is 0.0259. The number of carbonyl (C=O) groups excluding carboxylic acids is 1. The van der Waals surface area contributed by atoms with Gasteiger partial charge in [-0.3, -0.25) is 13.8 Å². The largest absolute Gasteiger partial charge is 0.472 e. The number of carbonyl (C=O) groups is 1. The number of rotatable bonds is 34. The van der Waals surface area contributed by atoms with Crippen LogP contribution in [0.5, 0.6) is 0 Å². The standard InChI is InChI=1S/C36H71N2O7P/c1-3-5-7-9-11-13-15-16-17-19-21-23-25-27-29-35(40)36(41)38-33(32-45-46(42,43)44-31-30-37)34(39)28-26-24-22-20-18-14-12-10-8-6-4-2/h22,24,26,28,33-35,39-40H,3-21,23,25,27,29-32,37H2,1-2H3,(H,38,41)(H,42,43)/b24-22+,28-26+/t33-,34+,35?/m0/s1. The van der Waals surface area contributed by atoms with Gasteiger partial charge in [-0.05, 0) is 19.3 Å². The maximum atomic E-state index is 12.7. The predicted molar refractivity (Wildman–Crippen MR) is 191 cm³/mol. The molecule has 0 saturated heterocycles. The van der Waals surface area contributed by atoms with Crippen LogP contribution in [0.3, 0.4) is 0 Å². The highest BCUT2D eigenvalue weighted by molar-refractivity contribution is 7.47. The fraction of sp³-hybridized carbons (Fsp3) is 0.861. The van der Waals surface area contributed by atoms with E-state index in [0.29, 0.717) is 6.42 Å². The molecule has 0 aliphatic carbocycles. The molecule has 0 spiro atoms. The average molecular weight is 675 g/mol. The molecule has 9 nitrogen and oxygen atoms in total. The summed E-state index contributed by atoms with van der Waals surface area (Å²) in [6, 6.07) is -1.06. The number of amides is 1. The van der Waals surface area contributed by atoms with Gasteiger partial charge in [-0.2, -0.15) is 0 Å². The van der Waals surface area contributed by atoms with Gasteiger partial charge in [-0.15, -0.1) is 0 Å². The maximum Gasteiger partial charge on any atom is 0.472 e. The predicted octanol–water partition coefficient (Wildman–Crippen LogP) is 8.41. The first-order valence-electron chi connectivity index (χ1n) is 18.6. The highest BCUT2D eigenvalue weighted by Gasteiger charge is 2.28. The van der Waals surface area contributed by atoms with Crippen molar-refractivity contribution in [3.63, 3.8) is 0 Å². The highest BCUT2D eigenvalue weighted by Crippen LogP contribution is 2.43. The van der Waals surface area contributed by atoms with Gasteiger partial charge in [-0.1, -0.05) is 167 Å². The van der Waals surface area contributed by atoms with Crippen molar-refractivity contribution in [3.8, 4) is 0 Å². The number of phosphoric acid groups is 1. The Labute approximate surface area is 281 Å². The third kappa shape index (κ3) is 29.1. The molecule has 272 valence electrons. The Morgan fingerprint density at radius 1 is 0.739 bits per heavy atom. The Kier molecular flexibility index (Phi) is 31.7. The molecule has 46 heavy (non-hydrogen) atoms. The Bertz CT molecular complexity index is 796. The minimum atomic E-state index is -4.41. The second-order valence-corrected chi connectivity index (χ2v) is 14.1. The van der Waals surface area contributed by atoms with Crippen molar-refractivity contribution in [2.24, 2.45) is 5.73 Å². The van der Waals surface area contributed by atoms with Crippen molar-refractivity contribution < 1.29 is 33.5 Å². The molecule has 2 unspecified atom stereocenters. The molecule has 1 amide bonds. The van der Waals surface area contributed by atoms with E-state index in [4.69, 9.17) is 14.8 Å². The van der Waals surface area contributed by atoms with E-state index in [1.165, 1.54) is 109 Å². The van der Waals surface area contributed by atoms with Gasteiger partial charge in [0.05, 0.1) is 25.4 Å². The van der Waals surface area contributed by atoms with Crippen molar-refractivity contribution in [3.05, 3.63) is 24.3 Å². The van der Waals surface area contributed by atoms with Gasteiger partial charge in [0.1, 0.15) is 6.10 Å². The molecule has 10 heteroatoms. The molecular formula is C36H71N2O7P. The van der Waals surface area contributed by atoms with Crippen molar-refractivity contribution in [1.29, 1.82) is 0 Å². The number of aliphatic hydroxyl groups excluding tert-OH is 2. The first-order valence-corrected chi connectivity index (χ1v) is 20.1. The van der Waals surface area contributed by atoms with Crippen LogP contribution < -0.4 is 11.1 Å². The molecule has 0 aliphatic rings. The first kappa shape index (κ1) is 44.9. The highest BCUT2D eigenvalue weighted by atomic mass is 31.2. The zero-order chi connectivity index (χ0) is 34.1. The average Bonchev–Trinajstić information content (AvgIpc) is 3.04. The Hall–Kier alpha value is -1.06. The minimum absolute atomic E-state index is 0.0378. The van der Waals surface area contributed by atoms with E-state index in [1.54, 1.807) is 6.08 Å². The van der Waals surface area contributed by atoms with Crippen molar-refractivity contribution >= 4 is 13.7 Å². The van der Waals surface area contributed by atoms with Crippen LogP contribution in [0.25, 0.3) is 0 Å². The van der Waals surface area contributed by atoms with Crippen LogP contribution in [0.4, 0.5) is 0 Å². The number of allylic oxidation sites excluding steroid dienone is 3. The fourth-order valence-electron chi connectivity index (χ4n) is 5.25. The van der Waals surface area contributed by atoms with Gasteiger partial charge >= 0.3 is 7.82 Å². The number of nitrogens with one attached hydrogen (secondary N) is 1. The van der Waals surface area contributed by atoms with Crippen LogP contribution in [0.15, 0.2) is 24.3 Å². The van der Waals surface area contributed by atoms with Gasteiger partial charge in [0.2, 0.25) is 5.91 Å². The molecular weight excluding hydrogens is 603 g/mol. The van der Waals surface area contributed by atoms with Gasteiger partial charge in [-0.25, -0.2) is 4.57 Å². The molecule has 0 saturated carbocycles. The van der Waals surface area contributed by atoms with Crippen LogP contribution in [-0.4, -0.2) is 59.0 Å². The second-order valence-electron chi connectivity index (χ2n) is 12.6. The number of phosphoric ester groups is 1. The summed E-state index contributed by atoms with van der Waals surface area (Å²) in [5.74, 6) is -0.652. The molecule has 0 aromatic carbocycles. The summed E-state index contributed by atoms with van der Waals surface area (Å²) >= 11 is 0. The molecule has 0 aliphatic heterocycles. The summed E-state index contributed by atoms with van der Waals surface area (Å²) in [6.45, 7) is 3.85. The number of unbranched alkanes of at least 4 members (excludes halogenated alkanes) is 20. The number of nitrogens with two attached hydrogens (primary N) is 1. The summed E-state index contributed by atoms with van der Waals surface area (Å²) in [4.78, 5) is 22.6. The van der Waals surface area contributed by atoms with Crippen molar-refractivity contribution in [2.75, 3.05) is 19.8 Å². The van der Waals surface area contributed by atoms with Crippen LogP contribution in [0, 0.1) is 0 Å². The second kappa shape index (κ2) is 32.5. The zero-order valence-corrected chi connectivity index (χ0v) is 30.3. The molecule has 0 fully saturated rings. The smallest absolute Gasteiger partial charge is 0.387 e. The molecule has 0 aromatic rings. The lowest BCUT2D eigenvalue weighted by Crippen LogP contribution is -2.49. The molecule has 6 N–H and O–H groups in total.